The Balaban J connectivity index is 2.00. The van der Waals surface area contributed by atoms with Crippen molar-refractivity contribution in [2.75, 3.05) is 26.2 Å². The Morgan fingerprint density at radius 3 is 2.22 bits per heavy atom. The van der Waals surface area contributed by atoms with Gasteiger partial charge in [0, 0.05) is 0 Å². The largest absolute Gasteiger partial charge is 0.495 e. The molecule has 0 radical (unpaired) electrons. The Bertz CT molecular complexity index is 938. The third kappa shape index (κ3) is 3.50. The number of carbonyl (C=O) groups excluding carboxylic acids is 2. The number of thioether (sulfide) groups is 1. The van der Waals surface area contributed by atoms with Crippen LogP contribution in [0.15, 0.2) is 41.3 Å². The molecule has 0 aromatic heterocycles. The standard InChI is InChI=1S/C20H19NO5S/c1-12-9-16(25-3)17(26-4)10-13(12)11-18-19(22)21(20(23)27-18)14-7-5-6-8-15(14)24-2/h5-11H,1-4H3/b18-11-. The molecule has 1 aliphatic heterocycles. The Morgan fingerprint density at radius 2 is 1.56 bits per heavy atom. The summed E-state index contributed by atoms with van der Waals surface area (Å²) in [6.45, 7) is 1.90. The van der Waals surface area contributed by atoms with Gasteiger partial charge in [0.2, 0.25) is 0 Å². The van der Waals surface area contributed by atoms with Crippen LogP contribution in [0.1, 0.15) is 11.1 Å². The van der Waals surface area contributed by atoms with Crippen LogP contribution < -0.4 is 19.1 Å². The maximum atomic E-state index is 12.9. The average Bonchev–Trinajstić information content (AvgIpc) is 2.96. The number of para-hydroxylation sites is 2. The van der Waals surface area contributed by atoms with Gasteiger partial charge in [-0.1, -0.05) is 12.1 Å². The van der Waals surface area contributed by atoms with E-state index in [0.717, 1.165) is 27.8 Å². The molecule has 7 heteroatoms. The third-order valence-corrected chi connectivity index (χ3v) is 5.05. The Labute approximate surface area is 161 Å². The number of rotatable bonds is 5. The number of benzene rings is 2. The van der Waals surface area contributed by atoms with E-state index >= 15 is 0 Å². The minimum atomic E-state index is -0.385. The van der Waals surface area contributed by atoms with Crippen LogP contribution in [0.25, 0.3) is 6.08 Å². The van der Waals surface area contributed by atoms with E-state index in [9.17, 15) is 9.59 Å². The second kappa shape index (κ2) is 7.75. The molecule has 1 aliphatic rings. The first-order chi connectivity index (χ1) is 13.0. The number of anilines is 1. The molecule has 140 valence electrons. The molecule has 6 nitrogen and oxygen atoms in total. The molecule has 0 unspecified atom stereocenters. The van der Waals surface area contributed by atoms with E-state index in [4.69, 9.17) is 14.2 Å². The second-order valence-corrected chi connectivity index (χ2v) is 6.75. The number of ether oxygens (including phenoxy) is 3. The number of hydrogen-bond donors (Lipinski definition) is 0. The lowest BCUT2D eigenvalue weighted by Crippen LogP contribution is -2.28. The summed E-state index contributed by atoms with van der Waals surface area (Å²) in [4.78, 5) is 26.8. The van der Waals surface area contributed by atoms with Crippen LogP contribution in [0, 0.1) is 6.92 Å². The van der Waals surface area contributed by atoms with Crippen molar-refractivity contribution < 1.29 is 23.8 Å². The maximum Gasteiger partial charge on any atom is 0.298 e. The minimum Gasteiger partial charge on any atom is -0.495 e. The number of hydrogen-bond acceptors (Lipinski definition) is 6. The van der Waals surface area contributed by atoms with Crippen molar-refractivity contribution in [2.45, 2.75) is 6.92 Å². The van der Waals surface area contributed by atoms with Crippen molar-refractivity contribution in [3.8, 4) is 17.2 Å². The van der Waals surface area contributed by atoms with Gasteiger partial charge >= 0.3 is 0 Å². The number of carbonyl (C=O) groups is 2. The summed E-state index contributed by atoms with van der Waals surface area (Å²) >= 11 is 0.894. The highest BCUT2D eigenvalue weighted by atomic mass is 32.2. The number of nitrogens with zero attached hydrogens (tertiary/aromatic N) is 1. The van der Waals surface area contributed by atoms with E-state index in [0.29, 0.717) is 27.8 Å². The highest BCUT2D eigenvalue weighted by molar-refractivity contribution is 8.19. The van der Waals surface area contributed by atoms with E-state index in [1.165, 1.54) is 7.11 Å². The van der Waals surface area contributed by atoms with Crippen LogP contribution in [0.4, 0.5) is 10.5 Å². The molecule has 2 aromatic carbocycles. The summed E-state index contributed by atoms with van der Waals surface area (Å²) in [5.41, 5.74) is 2.10. The van der Waals surface area contributed by atoms with Crippen LogP contribution in [-0.2, 0) is 4.79 Å². The molecule has 0 bridgehead atoms. The number of aryl methyl sites for hydroxylation is 1. The molecule has 1 fully saturated rings. The van der Waals surface area contributed by atoms with Crippen molar-refractivity contribution in [1.82, 2.24) is 0 Å². The molecule has 0 atom stereocenters. The van der Waals surface area contributed by atoms with Gasteiger partial charge in [-0.2, -0.15) is 0 Å². The number of amides is 2. The zero-order valence-electron chi connectivity index (χ0n) is 15.4. The quantitative estimate of drug-likeness (QED) is 0.717. The fourth-order valence-corrected chi connectivity index (χ4v) is 3.61. The number of methoxy groups -OCH3 is 3. The zero-order chi connectivity index (χ0) is 19.6. The van der Waals surface area contributed by atoms with E-state index in [2.05, 4.69) is 0 Å². The summed E-state index contributed by atoms with van der Waals surface area (Å²) in [5.74, 6) is 1.24. The van der Waals surface area contributed by atoms with Crippen LogP contribution in [-0.4, -0.2) is 32.5 Å². The first kappa shape index (κ1) is 18.8. The molecular weight excluding hydrogens is 366 g/mol. The molecule has 0 aliphatic carbocycles. The molecule has 2 amide bonds. The molecule has 1 saturated heterocycles. The smallest absolute Gasteiger partial charge is 0.298 e. The highest BCUT2D eigenvalue weighted by Gasteiger charge is 2.37. The van der Waals surface area contributed by atoms with Gasteiger partial charge in [0.15, 0.2) is 11.5 Å². The van der Waals surface area contributed by atoms with Gasteiger partial charge < -0.3 is 14.2 Å². The van der Waals surface area contributed by atoms with Crippen LogP contribution in [0.2, 0.25) is 0 Å². The Hall–Kier alpha value is -2.93. The van der Waals surface area contributed by atoms with E-state index in [-0.39, 0.29) is 11.1 Å². The first-order valence-corrected chi connectivity index (χ1v) is 8.95. The van der Waals surface area contributed by atoms with Crippen molar-refractivity contribution in [1.29, 1.82) is 0 Å². The SMILES string of the molecule is COc1cc(C)c(/C=C2\SC(=O)N(c3ccccc3OC)C2=O)cc1OC. The summed E-state index contributed by atoms with van der Waals surface area (Å²) in [5, 5.41) is -0.367. The zero-order valence-corrected chi connectivity index (χ0v) is 16.3. The topological polar surface area (TPSA) is 65.1 Å². The molecule has 0 N–H and O–H groups in total. The van der Waals surface area contributed by atoms with Gasteiger partial charge in [-0.05, 0) is 60.2 Å². The molecule has 0 spiro atoms. The lowest BCUT2D eigenvalue weighted by molar-refractivity contribution is -0.113. The van der Waals surface area contributed by atoms with Gasteiger partial charge in [0.05, 0.1) is 31.9 Å². The lowest BCUT2D eigenvalue weighted by atomic mass is 10.1. The van der Waals surface area contributed by atoms with E-state index in [1.54, 1.807) is 50.6 Å². The summed E-state index contributed by atoms with van der Waals surface area (Å²) < 4.78 is 15.9. The van der Waals surface area contributed by atoms with Crippen LogP contribution in [0.5, 0.6) is 17.2 Å². The Morgan fingerprint density at radius 1 is 0.926 bits per heavy atom. The molecule has 0 saturated carbocycles. The predicted molar refractivity (Wildman–Crippen MR) is 106 cm³/mol. The highest BCUT2D eigenvalue weighted by Crippen LogP contribution is 2.40. The molecular formula is C20H19NO5S. The van der Waals surface area contributed by atoms with Crippen molar-refractivity contribution in [3.63, 3.8) is 0 Å². The monoisotopic (exact) mass is 385 g/mol. The summed E-state index contributed by atoms with van der Waals surface area (Å²) in [6, 6.07) is 10.5. The van der Waals surface area contributed by atoms with Gasteiger partial charge in [0.1, 0.15) is 5.75 Å². The molecule has 2 aromatic rings. The first-order valence-electron chi connectivity index (χ1n) is 8.13. The van der Waals surface area contributed by atoms with Gasteiger partial charge in [-0.3, -0.25) is 9.59 Å². The molecule has 1 heterocycles. The summed E-state index contributed by atoms with van der Waals surface area (Å²) in [6.07, 6.45) is 1.69. The predicted octanol–water partition coefficient (Wildman–Crippen LogP) is 4.26. The van der Waals surface area contributed by atoms with E-state index in [1.807, 2.05) is 13.0 Å². The van der Waals surface area contributed by atoms with Crippen molar-refractivity contribution in [2.24, 2.45) is 0 Å². The fourth-order valence-electron chi connectivity index (χ4n) is 2.78. The fraction of sp³-hybridized carbons (Fsp3) is 0.200. The molecule has 3 rings (SSSR count). The van der Waals surface area contributed by atoms with Gasteiger partial charge in [0.25, 0.3) is 11.1 Å². The van der Waals surface area contributed by atoms with Gasteiger partial charge in [-0.25, -0.2) is 4.90 Å². The Kier molecular flexibility index (Phi) is 5.41. The third-order valence-electron chi connectivity index (χ3n) is 4.18. The normalized spacial score (nSPS) is 15.4. The summed E-state index contributed by atoms with van der Waals surface area (Å²) in [7, 11) is 4.61. The maximum absolute atomic E-state index is 12.9. The van der Waals surface area contributed by atoms with Crippen LogP contribution >= 0.6 is 11.8 Å². The minimum absolute atomic E-state index is 0.334. The molecule has 27 heavy (non-hydrogen) atoms. The second-order valence-electron chi connectivity index (χ2n) is 5.75. The van der Waals surface area contributed by atoms with E-state index < -0.39 is 0 Å². The number of imide groups is 1. The van der Waals surface area contributed by atoms with Gasteiger partial charge in [-0.15, -0.1) is 0 Å². The average molecular weight is 385 g/mol. The van der Waals surface area contributed by atoms with Crippen molar-refractivity contribution >= 4 is 34.7 Å². The lowest BCUT2D eigenvalue weighted by Gasteiger charge is -2.15. The van der Waals surface area contributed by atoms with Crippen LogP contribution in [0.3, 0.4) is 0 Å². The van der Waals surface area contributed by atoms with Crippen molar-refractivity contribution in [3.05, 3.63) is 52.4 Å².